The van der Waals surface area contributed by atoms with E-state index in [9.17, 15) is 4.79 Å². The Morgan fingerprint density at radius 3 is 2.06 bits per heavy atom. The zero-order valence-electron chi connectivity index (χ0n) is 19.9. The standard InChI is InChI=1S/C30H31FN2O2/c31-27-18-28(25(21-13-14-21)17-26(27)30(34)32-15-7-8-16-32)35-24-19-33(20-24)29(22-9-3-1-4-10-22)23-11-5-2-6-12-23/h1-6,9-12,17-18,21,24,29H,7-8,13-16,19-20H2. The van der Waals surface area contributed by atoms with Crippen molar-refractivity contribution in [2.75, 3.05) is 26.2 Å². The van der Waals surface area contributed by atoms with Gasteiger partial charge in [-0.1, -0.05) is 60.7 Å². The van der Waals surface area contributed by atoms with Gasteiger partial charge in [0.05, 0.1) is 11.6 Å². The second-order valence-corrected chi connectivity index (χ2v) is 10.1. The van der Waals surface area contributed by atoms with E-state index in [1.165, 1.54) is 17.2 Å². The maximum Gasteiger partial charge on any atom is 0.256 e. The van der Waals surface area contributed by atoms with Crippen LogP contribution in [0.15, 0.2) is 72.8 Å². The molecule has 2 aliphatic heterocycles. The Labute approximate surface area is 206 Å². The summed E-state index contributed by atoms with van der Waals surface area (Å²) in [4.78, 5) is 17.1. The van der Waals surface area contributed by atoms with Crippen molar-refractivity contribution in [3.05, 3.63) is 101 Å². The van der Waals surface area contributed by atoms with Gasteiger partial charge in [-0.25, -0.2) is 4.39 Å². The number of amides is 1. The monoisotopic (exact) mass is 470 g/mol. The van der Waals surface area contributed by atoms with Crippen LogP contribution < -0.4 is 4.74 Å². The highest BCUT2D eigenvalue weighted by Gasteiger charge is 2.37. The normalized spacial score (nSPS) is 18.6. The van der Waals surface area contributed by atoms with Gasteiger partial charge in [-0.05, 0) is 54.4 Å². The number of likely N-dealkylation sites (tertiary alicyclic amines) is 2. The van der Waals surface area contributed by atoms with Crippen LogP contribution in [0.3, 0.4) is 0 Å². The van der Waals surface area contributed by atoms with Crippen molar-refractivity contribution >= 4 is 5.91 Å². The molecule has 0 atom stereocenters. The molecule has 3 aliphatic rings. The fourth-order valence-corrected chi connectivity index (χ4v) is 5.46. The third-order valence-corrected chi connectivity index (χ3v) is 7.51. The van der Waals surface area contributed by atoms with E-state index in [1.807, 2.05) is 12.1 Å². The average Bonchev–Trinajstić information content (AvgIpc) is 3.56. The Morgan fingerprint density at radius 1 is 0.886 bits per heavy atom. The number of ether oxygens (including phenoxy) is 1. The van der Waals surface area contributed by atoms with Gasteiger partial charge in [-0.15, -0.1) is 0 Å². The lowest BCUT2D eigenvalue weighted by molar-refractivity contribution is -0.000366. The Kier molecular flexibility index (Phi) is 6.03. The van der Waals surface area contributed by atoms with E-state index in [0.29, 0.717) is 11.7 Å². The van der Waals surface area contributed by atoms with Crippen LogP contribution in [0, 0.1) is 5.82 Å². The van der Waals surface area contributed by atoms with Crippen molar-refractivity contribution in [3.63, 3.8) is 0 Å². The van der Waals surface area contributed by atoms with Gasteiger partial charge in [0.1, 0.15) is 17.7 Å². The van der Waals surface area contributed by atoms with Gasteiger partial charge in [0.25, 0.3) is 5.91 Å². The Morgan fingerprint density at radius 2 is 1.49 bits per heavy atom. The summed E-state index contributed by atoms with van der Waals surface area (Å²) < 4.78 is 21.5. The fraction of sp³-hybridized carbons (Fsp3) is 0.367. The van der Waals surface area contributed by atoms with Gasteiger partial charge in [-0.3, -0.25) is 9.69 Å². The first-order valence-electron chi connectivity index (χ1n) is 12.8. The van der Waals surface area contributed by atoms with Gasteiger partial charge < -0.3 is 9.64 Å². The molecule has 1 aliphatic carbocycles. The SMILES string of the molecule is O=C(c1cc(C2CC2)c(OC2CN(C(c3ccccc3)c3ccccc3)C2)cc1F)N1CCCC1. The predicted molar refractivity (Wildman–Crippen MR) is 134 cm³/mol. The highest BCUT2D eigenvalue weighted by molar-refractivity contribution is 5.95. The molecule has 0 spiro atoms. The summed E-state index contributed by atoms with van der Waals surface area (Å²) >= 11 is 0. The maximum absolute atomic E-state index is 15.1. The first-order valence-corrected chi connectivity index (χ1v) is 12.8. The minimum atomic E-state index is -0.469. The zero-order valence-corrected chi connectivity index (χ0v) is 19.9. The number of carbonyl (C=O) groups excluding carboxylic acids is 1. The van der Waals surface area contributed by atoms with Gasteiger partial charge in [0.2, 0.25) is 0 Å². The van der Waals surface area contributed by atoms with Gasteiger partial charge in [0, 0.05) is 32.2 Å². The topological polar surface area (TPSA) is 32.8 Å². The van der Waals surface area contributed by atoms with Crippen molar-refractivity contribution in [1.29, 1.82) is 0 Å². The van der Waals surface area contributed by atoms with Crippen LogP contribution in [-0.4, -0.2) is 48.0 Å². The van der Waals surface area contributed by atoms with Crippen molar-refractivity contribution < 1.29 is 13.9 Å². The third kappa shape index (κ3) is 4.57. The number of nitrogens with zero attached hydrogens (tertiary/aromatic N) is 2. The fourth-order valence-electron chi connectivity index (χ4n) is 5.46. The quantitative estimate of drug-likeness (QED) is 0.438. The number of benzene rings is 3. The molecule has 3 fully saturated rings. The predicted octanol–water partition coefficient (Wildman–Crippen LogP) is 5.79. The molecule has 0 radical (unpaired) electrons. The average molecular weight is 471 g/mol. The number of hydrogen-bond acceptors (Lipinski definition) is 3. The summed E-state index contributed by atoms with van der Waals surface area (Å²) in [5.74, 6) is 0.331. The van der Waals surface area contributed by atoms with Gasteiger partial charge in [-0.2, -0.15) is 0 Å². The molecule has 3 aromatic rings. The number of rotatable bonds is 7. The number of halogens is 1. The molecular weight excluding hydrogens is 439 g/mol. The molecule has 0 bridgehead atoms. The van der Waals surface area contributed by atoms with Crippen LogP contribution in [0.4, 0.5) is 4.39 Å². The van der Waals surface area contributed by atoms with Gasteiger partial charge >= 0.3 is 0 Å². The summed E-state index contributed by atoms with van der Waals surface area (Å²) in [5.41, 5.74) is 3.71. The molecule has 0 aromatic heterocycles. The molecule has 4 nitrogen and oxygen atoms in total. The van der Waals surface area contributed by atoms with Gasteiger partial charge in [0.15, 0.2) is 0 Å². The van der Waals surface area contributed by atoms with E-state index in [0.717, 1.165) is 57.4 Å². The lowest BCUT2D eigenvalue weighted by Gasteiger charge is -2.44. The third-order valence-electron chi connectivity index (χ3n) is 7.51. The smallest absolute Gasteiger partial charge is 0.256 e. The number of hydrogen-bond donors (Lipinski definition) is 0. The Balaban J connectivity index is 1.20. The molecular formula is C30H31FN2O2. The lowest BCUT2D eigenvalue weighted by Crippen LogP contribution is -2.55. The van der Waals surface area contributed by atoms with E-state index >= 15 is 4.39 Å². The molecule has 1 amide bonds. The summed E-state index contributed by atoms with van der Waals surface area (Å²) in [6, 6.07) is 24.5. The molecule has 6 rings (SSSR count). The van der Waals surface area contributed by atoms with Crippen LogP contribution in [0.5, 0.6) is 5.75 Å². The molecule has 2 heterocycles. The van der Waals surface area contributed by atoms with Crippen LogP contribution >= 0.6 is 0 Å². The molecule has 180 valence electrons. The Hall–Kier alpha value is -3.18. The van der Waals surface area contributed by atoms with Crippen molar-refractivity contribution in [1.82, 2.24) is 9.80 Å². The number of carbonyl (C=O) groups is 1. The summed E-state index contributed by atoms with van der Waals surface area (Å²) in [6.45, 7) is 2.98. The van der Waals surface area contributed by atoms with Crippen molar-refractivity contribution in [2.24, 2.45) is 0 Å². The van der Waals surface area contributed by atoms with E-state index in [-0.39, 0.29) is 23.6 Å². The molecule has 0 N–H and O–H groups in total. The molecule has 35 heavy (non-hydrogen) atoms. The van der Waals surface area contributed by atoms with Crippen LogP contribution in [-0.2, 0) is 0 Å². The van der Waals surface area contributed by atoms with Crippen molar-refractivity contribution in [2.45, 2.75) is 43.7 Å². The second-order valence-electron chi connectivity index (χ2n) is 10.1. The molecule has 0 unspecified atom stereocenters. The minimum Gasteiger partial charge on any atom is -0.487 e. The molecule has 1 saturated carbocycles. The van der Waals surface area contributed by atoms with Crippen LogP contribution in [0.2, 0.25) is 0 Å². The summed E-state index contributed by atoms with van der Waals surface area (Å²) in [6.07, 6.45) is 4.13. The highest BCUT2D eigenvalue weighted by Crippen LogP contribution is 2.46. The zero-order chi connectivity index (χ0) is 23.8. The molecule has 3 aromatic carbocycles. The first kappa shape index (κ1) is 22.3. The lowest BCUT2D eigenvalue weighted by atomic mass is 9.93. The maximum atomic E-state index is 15.1. The summed E-state index contributed by atoms with van der Waals surface area (Å²) in [5, 5.41) is 0. The van der Waals surface area contributed by atoms with E-state index in [2.05, 4.69) is 53.4 Å². The van der Waals surface area contributed by atoms with Crippen LogP contribution in [0.1, 0.15) is 64.7 Å². The van der Waals surface area contributed by atoms with Crippen LogP contribution in [0.25, 0.3) is 0 Å². The highest BCUT2D eigenvalue weighted by atomic mass is 19.1. The van der Waals surface area contributed by atoms with E-state index < -0.39 is 5.82 Å². The van der Waals surface area contributed by atoms with E-state index in [1.54, 1.807) is 11.0 Å². The molecule has 5 heteroatoms. The Bertz CT molecular complexity index is 1140. The minimum absolute atomic E-state index is 0.00181. The largest absolute Gasteiger partial charge is 0.487 e. The van der Waals surface area contributed by atoms with E-state index in [4.69, 9.17) is 4.74 Å². The second kappa shape index (κ2) is 9.46. The van der Waals surface area contributed by atoms with Crippen molar-refractivity contribution in [3.8, 4) is 5.75 Å². The molecule has 2 saturated heterocycles. The summed E-state index contributed by atoms with van der Waals surface area (Å²) in [7, 11) is 0. The first-order chi connectivity index (χ1) is 17.2.